The van der Waals surface area contributed by atoms with Crippen LogP contribution in [0.1, 0.15) is 11.1 Å². The maximum Gasteiger partial charge on any atom is 0.146 e. The highest BCUT2D eigenvalue weighted by atomic mass is 19.1. The zero-order chi connectivity index (χ0) is 14.5. The molecule has 0 aliphatic heterocycles. The molecule has 0 bridgehead atoms. The Bertz CT molecular complexity index is 582. The molecule has 0 atom stereocenters. The normalized spacial score (nSPS) is 10.4. The van der Waals surface area contributed by atoms with Crippen molar-refractivity contribution in [1.29, 1.82) is 0 Å². The van der Waals surface area contributed by atoms with Crippen molar-refractivity contribution in [3.63, 3.8) is 0 Å². The van der Waals surface area contributed by atoms with Crippen LogP contribution in [0.15, 0.2) is 36.4 Å². The van der Waals surface area contributed by atoms with Crippen LogP contribution in [0.2, 0.25) is 0 Å². The molecule has 2 rings (SSSR count). The average molecular weight is 277 g/mol. The van der Waals surface area contributed by atoms with Crippen LogP contribution in [-0.2, 0) is 6.42 Å². The first-order valence-corrected chi connectivity index (χ1v) is 6.42. The third-order valence-corrected chi connectivity index (χ3v) is 3.14. The van der Waals surface area contributed by atoms with Crippen LogP contribution < -0.4 is 10.1 Å². The second-order valence-electron chi connectivity index (χ2n) is 4.61. The molecule has 1 N–H and O–H groups in total. The van der Waals surface area contributed by atoms with Gasteiger partial charge in [0.05, 0.1) is 12.8 Å². The molecule has 4 heteroatoms. The van der Waals surface area contributed by atoms with Gasteiger partial charge in [0.15, 0.2) is 0 Å². The molecule has 2 aromatic carbocycles. The minimum atomic E-state index is -0.432. The first-order valence-electron chi connectivity index (χ1n) is 6.42. The smallest absolute Gasteiger partial charge is 0.146 e. The molecule has 0 amide bonds. The van der Waals surface area contributed by atoms with Crippen molar-refractivity contribution >= 4 is 5.69 Å². The van der Waals surface area contributed by atoms with Crippen molar-refractivity contribution in [2.24, 2.45) is 0 Å². The standard InChI is InChI=1S/C16H17F2NO/c1-11-9-15(18)16(10-14(11)17)19-8-7-12-3-5-13(20-2)6-4-12/h3-6,9-10,19H,7-8H2,1-2H3. The molecule has 2 aromatic rings. The van der Waals surface area contributed by atoms with Gasteiger partial charge in [-0.3, -0.25) is 0 Å². The largest absolute Gasteiger partial charge is 0.497 e. The van der Waals surface area contributed by atoms with E-state index in [4.69, 9.17) is 4.74 Å². The van der Waals surface area contributed by atoms with Gasteiger partial charge in [0.2, 0.25) is 0 Å². The first-order chi connectivity index (χ1) is 9.60. The number of methoxy groups -OCH3 is 1. The molecule has 0 fully saturated rings. The second-order valence-corrected chi connectivity index (χ2v) is 4.61. The van der Waals surface area contributed by atoms with Crippen molar-refractivity contribution in [3.8, 4) is 5.75 Å². The minimum Gasteiger partial charge on any atom is -0.497 e. The highest BCUT2D eigenvalue weighted by molar-refractivity contribution is 5.47. The minimum absolute atomic E-state index is 0.196. The summed E-state index contributed by atoms with van der Waals surface area (Å²) in [7, 11) is 1.62. The van der Waals surface area contributed by atoms with Crippen LogP contribution in [0, 0.1) is 18.6 Å². The van der Waals surface area contributed by atoms with E-state index in [2.05, 4.69) is 5.32 Å². The third-order valence-electron chi connectivity index (χ3n) is 3.14. The molecule has 0 heterocycles. The van der Waals surface area contributed by atoms with E-state index >= 15 is 0 Å². The van der Waals surface area contributed by atoms with Crippen LogP contribution in [0.25, 0.3) is 0 Å². The molecule has 0 unspecified atom stereocenters. The molecule has 0 radical (unpaired) electrons. The molecule has 106 valence electrons. The fourth-order valence-electron chi connectivity index (χ4n) is 1.92. The van der Waals surface area contributed by atoms with Crippen molar-refractivity contribution in [3.05, 3.63) is 59.2 Å². The second kappa shape index (κ2) is 6.37. The van der Waals surface area contributed by atoms with E-state index in [0.29, 0.717) is 12.1 Å². The van der Waals surface area contributed by atoms with E-state index in [-0.39, 0.29) is 5.69 Å². The van der Waals surface area contributed by atoms with Crippen molar-refractivity contribution in [1.82, 2.24) is 0 Å². The highest BCUT2D eigenvalue weighted by Crippen LogP contribution is 2.19. The molecule has 0 saturated heterocycles. The molecule has 0 spiro atoms. The molecule has 2 nitrogen and oxygen atoms in total. The third kappa shape index (κ3) is 3.47. The zero-order valence-electron chi connectivity index (χ0n) is 11.5. The average Bonchev–Trinajstić information content (AvgIpc) is 2.45. The van der Waals surface area contributed by atoms with E-state index in [1.807, 2.05) is 24.3 Å². The number of nitrogens with one attached hydrogen (secondary N) is 1. The Balaban J connectivity index is 1.94. The lowest BCUT2D eigenvalue weighted by Crippen LogP contribution is -2.07. The molecule has 20 heavy (non-hydrogen) atoms. The zero-order valence-corrected chi connectivity index (χ0v) is 11.5. The van der Waals surface area contributed by atoms with Gasteiger partial charge in [-0.25, -0.2) is 8.78 Å². The van der Waals surface area contributed by atoms with Gasteiger partial charge in [0.1, 0.15) is 17.4 Å². The lowest BCUT2D eigenvalue weighted by molar-refractivity contribution is 0.414. The van der Waals surface area contributed by atoms with Gasteiger partial charge in [0.25, 0.3) is 0 Å². The number of benzene rings is 2. The maximum absolute atomic E-state index is 13.6. The van der Waals surface area contributed by atoms with E-state index in [1.54, 1.807) is 14.0 Å². The van der Waals surface area contributed by atoms with E-state index in [9.17, 15) is 8.78 Å². The number of ether oxygens (including phenoxy) is 1. The van der Waals surface area contributed by atoms with Crippen LogP contribution >= 0.6 is 0 Å². The van der Waals surface area contributed by atoms with Crippen LogP contribution in [0.4, 0.5) is 14.5 Å². The predicted octanol–water partition coefficient (Wildman–Crippen LogP) is 3.94. The highest BCUT2D eigenvalue weighted by Gasteiger charge is 2.06. The number of aryl methyl sites for hydroxylation is 1. The van der Waals surface area contributed by atoms with Crippen molar-refractivity contribution in [2.45, 2.75) is 13.3 Å². The summed E-state index contributed by atoms with van der Waals surface area (Å²) in [6.07, 6.45) is 0.721. The quantitative estimate of drug-likeness (QED) is 0.894. The Morgan fingerprint density at radius 1 is 1.05 bits per heavy atom. The number of hydrogen-bond acceptors (Lipinski definition) is 2. The fraction of sp³-hybridized carbons (Fsp3) is 0.250. The van der Waals surface area contributed by atoms with Crippen LogP contribution in [0.5, 0.6) is 5.75 Å². The van der Waals surface area contributed by atoms with Gasteiger partial charge in [-0.1, -0.05) is 12.1 Å². The Kier molecular flexibility index (Phi) is 4.56. The Labute approximate surface area is 117 Å². The molecule has 0 saturated carbocycles. The molecular formula is C16H17F2NO. The summed E-state index contributed by atoms with van der Waals surface area (Å²) in [5, 5.41) is 2.91. The summed E-state index contributed by atoms with van der Waals surface area (Å²) in [5.74, 6) is -0.0367. The van der Waals surface area contributed by atoms with Crippen LogP contribution in [0.3, 0.4) is 0 Å². The summed E-state index contributed by atoms with van der Waals surface area (Å²) in [6.45, 7) is 2.07. The fourth-order valence-corrected chi connectivity index (χ4v) is 1.92. The maximum atomic E-state index is 13.6. The van der Waals surface area contributed by atoms with Gasteiger partial charge in [-0.05, 0) is 42.7 Å². The number of halogens is 2. The predicted molar refractivity (Wildman–Crippen MR) is 76.3 cm³/mol. The molecule has 0 aromatic heterocycles. The van der Waals surface area contributed by atoms with Gasteiger partial charge in [-0.15, -0.1) is 0 Å². The number of hydrogen-bond donors (Lipinski definition) is 1. The van der Waals surface area contributed by atoms with E-state index in [0.717, 1.165) is 17.7 Å². The Hall–Kier alpha value is -2.10. The summed E-state index contributed by atoms with van der Waals surface area (Å²) >= 11 is 0. The van der Waals surface area contributed by atoms with Gasteiger partial charge in [0, 0.05) is 12.6 Å². The SMILES string of the molecule is COc1ccc(CCNc2cc(F)c(C)cc2F)cc1. The Morgan fingerprint density at radius 2 is 1.75 bits per heavy atom. The van der Waals surface area contributed by atoms with Gasteiger partial charge < -0.3 is 10.1 Å². The molecule has 0 aliphatic carbocycles. The molecular weight excluding hydrogens is 260 g/mol. The topological polar surface area (TPSA) is 21.3 Å². The van der Waals surface area contributed by atoms with Crippen molar-refractivity contribution < 1.29 is 13.5 Å². The summed E-state index contributed by atoms with van der Waals surface area (Å²) in [6, 6.07) is 10.0. The van der Waals surface area contributed by atoms with Crippen molar-refractivity contribution in [2.75, 3.05) is 19.0 Å². The monoisotopic (exact) mass is 277 g/mol. The summed E-state index contributed by atoms with van der Waals surface area (Å²) in [4.78, 5) is 0. The Morgan fingerprint density at radius 3 is 2.40 bits per heavy atom. The molecule has 0 aliphatic rings. The van der Waals surface area contributed by atoms with Gasteiger partial charge >= 0.3 is 0 Å². The lowest BCUT2D eigenvalue weighted by Gasteiger charge is -2.09. The van der Waals surface area contributed by atoms with E-state index in [1.165, 1.54) is 12.1 Å². The van der Waals surface area contributed by atoms with E-state index < -0.39 is 11.6 Å². The lowest BCUT2D eigenvalue weighted by atomic mass is 10.1. The van der Waals surface area contributed by atoms with Gasteiger partial charge in [-0.2, -0.15) is 0 Å². The first kappa shape index (κ1) is 14.3. The summed E-state index contributed by atoms with van der Waals surface area (Å²) in [5.41, 5.74) is 1.61. The number of anilines is 1. The number of rotatable bonds is 5. The summed E-state index contributed by atoms with van der Waals surface area (Å²) < 4.78 is 32.1. The van der Waals surface area contributed by atoms with Crippen LogP contribution in [-0.4, -0.2) is 13.7 Å².